The van der Waals surface area contributed by atoms with Gasteiger partial charge in [0.05, 0.1) is 11.9 Å². The van der Waals surface area contributed by atoms with Crippen LogP contribution in [-0.2, 0) is 6.54 Å². The van der Waals surface area contributed by atoms with Gasteiger partial charge in [0.25, 0.3) is 0 Å². The molecule has 3 rings (SSSR count). The molecule has 0 aliphatic heterocycles. The molecule has 6 nitrogen and oxygen atoms in total. The van der Waals surface area contributed by atoms with Crippen LogP contribution in [0.2, 0.25) is 0 Å². The fraction of sp³-hybridized carbons (Fsp3) is 0.182. The van der Waals surface area contributed by atoms with Crippen LogP contribution < -0.4 is 11.1 Å². The van der Waals surface area contributed by atoms with E-state index in [9.17, 15) is 0 Å². The Morgan fingerprint density at radius 3 is 3.17 bits per heavy atom. The lowest BCUT2D eigenvalue weighted by molar-refractivity contribution is 0.637. The minimum atomic E-state index is 0.298. The number of nitrogen functional groups attached to an aromatic ring is 1. The lowest BCUT2D eigenvalue weighted by Crippen LogP contribution is -2.12. The van der Waals surface area contributed by atoms with Gasteiger partial charge in [-0.3, -0.25) is 4.68 Å². The van der Waals surface area contributed by atoms with Crippen LogP contribution in [0, 0.1) is 0 Å². The third-order valence-corrected chi connectivity index (χ3v) is 3.34. The lowest BCUT2D eigenvalue weighted by atomic mass is 10.4. The van der Waals surface area contributed by atoms with E-state index < -0.39 is 0 Å². The maximum atomic E-state index is 5.68. The molecule has 0 saturated heterocycles. The van der Waals surface area contributed by atoms with Crippen molar-refractivity contribution in [2.45, 2.75) is 6.54 Å². The van der Waals surface area contributed by atoms with Crippen molar-refractivity contribution in [2.75, 3.05) is 17.6 Å². The number of thiophene rings is 1. The Labute approximate surface area is 107 Å². The maximum Gasteiger partial charge on any atom is 0.223 e. The van der Waals surface area contributed by atoms with Crippen molar-refractivity contribution in [1.29, 1.82) is 0 Å². The molecule has 0 fully saturated rings. The van der Waals surface area contributed by atoms with Crippen LogP contribution >= 0.6 is 11.3 Å². The third-order valence-electron chi connectivity index (χ3n) is 2.53. The Bertz CT molecular complexity index is 645. The summed E-state index contributed by atoms with van der Waals surface area (Å²) in [5.74, 6) is 1.08. The molecule has 3 aromatic rings. The summed E-state index contributed by atoms with van der Waals surface area (Å²) in [5.41, 5.74) is 5.68. The molecular formula is C11H12N6S. The zero-order valence-electron chi connectivity index (χ0n) is 9.58. The van der Waals surface area contributed by atoms with E-state index >= 15 is 0 Å². The van der Waals surface area contributed by atoms with Crippen LogP contribution in [0.5, 0.6) is 0 Å². The SMILES string of the molecule is Nc1nc(NCCn2cccn2)c2ccsc2n1. The monoisotopic (exact) mass is 260 g/mol. The highest BCUT2D eigenvalue weighted by molar-refractivity contribution is 7.16. The second-order valence-electron chi connectivity index (χ2n) is 3.77. The topological polar surface area (TPSA) is 81.6 Å². The first-order chi connectivity index (χ1) is 8.83. The highest BCUT2D eigenvalue weighted by Gasteiger charge is 2.06. The molecule has 3 heterocycles. The van der Waals surface area contributed by atoms with Gasteiger partial charge in [-0.15, -0.1) is 11.3 Å². The Morgan fingerprint density at radius 2 is 2.33 bits per heavy atom. The highest BCUT2D eigenvalue weighted by atomic mass is 32.1. The first-order valence-electron chi connectivity index (χ1n) is 5.55. The molecule has 0 unspecified atom stereocenters. The molecule has 7 heteroatoms. The van der Waals surface area contributed by atoms with E-state index in [1.807, 2.05) is 28.4 Å². The van der Waals surface area contributed by atoms with Crippen molar-refractivity contribution in [3.05, 3.63) is 29.9 Å². The Kier molecular flexibility index (Phi) is 2.81. The number of anilines is 2. The summed E-state index contributed by atoms with van der Waals surface area (Å²) in [6, 6.07) is 3.90. The van der Waals surface area contributed by atoms with E-state index in [2.05, 4.69) is 20.4 Å². The van der Waals surface area contributed by atoms with Gasteiger partial charge in [-0.1, -0.05) is 0 Å². The van der Waals surface area contributed by atoms with Crippen molar-refractivity contribution >= 4 is 33.3 Å². The van der Waals surface area contributed by atoms with Crippen molar-refractivity contribution in [3.8, 4) is 0 Å². The Balaban J connectivity index is 1.75. The summed E-state index contributed by atoms with van der Waals surface area (Å²) >= 11 is 1.56. The van der Waals surface area contributed by atoms with Crippen LogP contribution in [0.1, 0.15) is 0 Å². The van der Waals surface area contributed by atoms with E-state index in [0.717, 1.165) is 29.1 Å². The fourth-order valence-corrected chi connectivity index (χ4v) is 2.50. The molecule has 0 aliphatic rings. The molecule has 3 N–H and O–H groups in total. The number of hydrogen-bond donors (Lipinski definition) is 2. The first kappa shape index (κ1) is 11.0. The largest absolute Gasteiger partial charge is 0.368 e. The summed E-state index contributed by atoms with van der Waals surface area (Å²) in [6.07, 6.45) is 3.69. The average molecular weight is 260 g/mol. The molecule has 0 aliphatic carbocycles. The molecule has 0 bridgehead atoms. The van der Waals surface area contributed by atoms with Gasteiger partial charge in [0.1, 0.15) is 10.6 Å². The molecule has 0 aromatic carbocycles. The molecule has 92 valence electrons. The van der Waals surface area contributed by atoms with Crippen LogP contribution in [0.4, 0.5) is 11.8 Å². The van der Waals surface area contributed by atoms with Crippen molar-refractivity contribution in [3.63, 3.8) is 0 Å². The predicted octanol–water partition coefficient (Wildman–Crippen LogP) is 1.58. The zero-order valence-corrected chi connectivity index (χ0v) is 10.4. The van der Waals surface area contributed by atoms with Crippen LogP contribution in [0.15, 0.2) is 29.9 Å². The van der Waals surface area contributed by atoms with E-state index in [1.165, 1.54) is 0 Å². The summed E-state index contributed by atoms with van der Waals surface area (Å²) in [5, 5.41) is 10.4. The van der Waals surface area contributed by atoms with Crippen LogP contribution in [-0.4, -0.2) is 26.3 Å². The molecule has 18 heavy (non-hydrogen) atoms. The zero-order chi connectivity index (χ0) is 12.4. The molecule has 0 saturated carbocycles. The Morgan fingerprint density at radius 1 is 1.39 bits per heavy atom. The smallest absolute Gasteiger partial charge is 0.223 e. The van der Waals surface area contributed by atoms with Crippen molar-refractivity contribution in [1.82, 2.24) is 19.7 Å². The van der Waals surface area contributed by atoms with Gasteiger partial charge in [0, 0.05) is 18.9 Å². The summed E-state index contributed by atoms with van der Waals surface area (Å²) < 4.78 is 1.86. The minimum Gasteiger partial charge on any atom is -0.368 e. The summed E-state index contributed by atoms with van der Waals surface area (Å²) in [7, 11) is 0. The number of hydrogen-bond acceptors (Lipinski definition) is 6. The van der Waals surface area contributed by atoms with Gasteiger partial charge >= 0.3 is 0 Å². The maximum absolute atomic E-state index is 5.68. The fourth-order valence-electron chi connectivity index (χ4n) is 1.73. The number of nitrogens with zero attached hydrogens (tertiary/aromatic N) is 4. The number of rotatable bonds is 4. The Hall–Kier alpha value is -2.15. The lowest BCUT2D eigenvalue weighted by Gasteiger charge is -2.07. The molecule has 3 aromatic heterocycles. The van der Waals surface area contributed by atoms with E-state index in [-0.39, 0.29) is 0 Å². The minimum absolute atomic E-state index is 0.298. The number of fused-ring (bicyclic) bond motifs is 1. The van der Waals surface area contributed by atoms with Crippen molar-refractivity contribution in [2.24, 2.45) is 0 Å². The second-order valence-corrected chi connectivity index (χ2v) is 4.66. The molecular weight excluding hydrogens is 248 g/mol. The highest BCUT2D eigenvalue weighted by Crippen LogP contribution is 2.25. The molecule has 0 radical (unpaired) electrons. The summed E-state index contributed by atoms with van der Waals surface area (Å²) in [4.78, 5) is 9.31. The standard InChI is InChI=1S/C11H12N6S/c12-11-15-9(8-2-7-18-10(8)16-11)13-4-6-17-5-1-3-14-17/h1-3,5,7H,4,6H2,(H3,12,13,15,16). The molecule has 0 amide bonds. The second kappa shape index (κ2) is 4.61. The molecule has 0 spiro atoms. The third kappa shape index (κ3) is 2.12. The van der Waals surface area contributed by atoms with E-state index in [1.54, 1.807) is 17.5 Å². The van der Waals surface area contributed by atoms with Gasteiger partial charge in [-0.25, -0.2) is 4.98 Å². The number of nitrogens with two attached hydrogens (primary N) is 1. The molecule has 0 atom stereocenters. The summed E-state index contributed by atoms with van der Waals surface area (Å²) in [6.45, 7) is 1.52. The van der Waals surface area contributed by atoms with Gasteiger partial charge < -0.3 is 11.1 Å². The van der Waals surface area contributed by atoms with Crippen molar-refractivity contribution < 1.29 is 0 Å². The number of nitrogens with one attached hydrogen (secondary N) is 1. The first-order valence-corrected chi connectivity index (χ1v) is 6.43. The van der Waals surface area contributed by atoms with E-state index in [0.29, 0.717) is 5.95 Å². The predicted molar refractivity (Wildman–Crippen MR) is 72.5 cm³/mol. The quantitative estimate of drug-likeness (QED) is 0.744. The number of aromatic nitrogens is 4. The van der Waals surface area contributed by atoms with Crippen LogP contribution in [0.3, 0.4) is 0 Å². The van der Waals surface area contributed by atoms with Crippen LogP contribution in [0.25, 0.3) is 10.2 Å². The normalized spacial score (nSPS) is 10.9. The average Bonchev–Trinajstić information content (AvgIpc) is 2.98. The van der Waals surface area contributed by atoms with Gasteiger partial charge in [0.2, 0.25) is 5.95 Å². The van der Waals surface area contributed by atoms with Gasteiger partial charge in [-0.05, 0) is 17.5 Å². The van der Waals surface area contributed by atoms with E-state index in [4.69, 9.17) is 5.73 Å². The van der Waals surface area contributed by atoms with Gasteiger partial charge in [0.15, 0.2) is 0 Å². The van der Waals surface area contributed by atoms with Gasteiger partial charge in [-0.2, -0.15) is 10.1 Å².